The van der Waals surface area contributed by atoms with E-state index in [2.05, 4.69) is 15.2 Å². The minimum atomic E-state index is -0.0733. The zero-order chi connectivity index (χ0) is 18.9. The molecular formula is C19H24N6O2. The molecule has 1 atom stereocenters. The van der Waals surface area contributed by atoms with Gasteiger partial charge in [0.15, 0.2) is 0 Å². The Kier molecular flexibility index (Phi) is 4.55. The minimum absolute atomic E-state index is 0.0413. The summed E-state index contributed by atoms with van der Waals surface area (Å²) in [7, 11) is 0. The van der Waals surface area contributed by atoms with Crippen LogP contribution < -0.4 is 5.73 Å². The van der Waals surface area contributed by atoms with E-state index in [0.29, 0.717) is 37.6 Å². The number of hydrogen-bond acceptors (Lipinski definition) is 5. The van der Waals surface area contributed by atoms with Crippen LogP contribution in [0.25, 0.3) is 0 Å². The van der Waals surface area contributed by atoms with Crippen LogP contribution in [0.15, 0.2) is 30.6 Å². The zero-order valence-electron chi connectivity index (χ0n) is 15.2. The van der Waals surface area contributed by atoms with Crippen molar-refractivity contribution in [2.45, 2.75) is 32.2 Å². The number of rotatable bonds is 3. The lowest BCUT2D eigenvalue weighted by Gasteiger charge is -2.48. The van der Waals surface area contributed by atoms with Crippen molar-refractivity contribution in [2.75, 3.05) is 25.4 Å². The first-order valence-electron chi connectivity index (χ1n) is 9.32. The Hall–Kier alpha value is -2.90. The molecule has 0 bridgehead atoms. The molecule has 0 saturated carbocycles. The van der Waals surface area contributed by atoms with Crippen molar-refractivity contribution in [1.29, 1.82) is 0 Å². The average Bonchev–Trinajstić information content (AvgIpc) is 3.12. The summed E-state index contributed by atoms with van der Waals surface area (Å²) in [5.74, 6) is 0.426. The monoisotopic (exact) mass is 368 g/mol. The van der Waals surface area contributed by atoms with Gasteiger partial charge < -0.3 is 15.5 Å². The zero-order valence-corrected chi connectivity index (χ0v) is 15.2. The van der Waals surface area contributed by atoms with Crippen molar-refractivity contribution in [3.8, 4) is 0 Å². The Morgan fingerprint density at radius 1 is 1.26 bits per heavy atom. The Balaban J connectivity index is 1.48. The van der Waals surface area contributed by atoms with Crippen LogP contribution in [0.3, 0.4) is 0 Å². The highest BCUT2D eigenvalue weighted by atomic mass is 16.2. The summed E-state index contributed by atoms with van der Waals surface area (Å²) in [6.45, 7) is 2.65. The molecule has 0 aromatic carbocycles. The van der Waals surface area contributed by atoms with Crippen LogP contribution in [0.4, 0.5) is 5.82 Å². The van der Waals surface area contributed by atoms with Gasteiger partial charge in [-0.3, -0.25) is 19.7 Å². The van der Waals surface area contributed by atoms with Crippen molar-refractivity contribution < 1.29 is 9.59 Å². The molecule has 2 aliphatic heterocycles. The van der Waals surface area contributed by atoms with Gasteiger partial charge in [0.2, 0.25) is 5.91 Å². The van der Waals surface area contributed by atoms with Gasteiger partial charge in [-0.05, 0) is 37.0 Å². The van der Waals surface area contributed by atoms with Gasteiger partial charge in [-0.2, -0.15) is 5.10 Å². The Morgan fingerprint density at radius 3 is 2.81 bits per heavy atom. The third kappa shape index (κ3) is 3.65. The van der Waals surface area contributed by atoms with E-state index in [4.69, 9.17) is 5.73 Å². The number of aromatic amines is 1. The van der Waals surface area contributed by atoms with E-state index in [0.717, 1.165) is 31.4 Å². The van der Waals surface area contributed by atoms with Crippen LogP contribution >= 0.6 is 0 Å². The van der Waals surface area contributed by atoms with Gasteiger partial charge >= 0.3 is 0 Å². The normalized spacial score (nSPS) is 23.0. The van der Waals surface area contributed by atoms with Gasteiger partial charge in [0.25, 0.3) is 5.91 Å². The number of nitrogens with one attached hydrogen (secondary N) is 1. The fraction of sp³-hybridized carbons (Fsp3) is 0.474. The van der Waals surface area contributed by atoms with Gasteiger partial charge in [-0.1, -0.05) is 0 Å². The van der Waals surface area contributed by atoms with E-state index >= 15 is 0 Å². The number of nitrogens with zero attached hydrogens (tertiary/aromatic N) is 4. The first-order valence-corrected chi connectivity index (χ1v) is 9.32. The molecule has 142 valence electrons. The van der Waals surface area contributed by atoms with Gasteiger partial charge in [-0.15, -0.1) is 0 Å². The van der Waals surface area contributed by atoms with Crippen LogP contribution in [0.5, 0.6) is 0 Å². The number of carbonyl (C=O) groups is 2. The first kappa shape index (κ1) is 17.5. The van der Waals surface area contributed by atoms with Crippen molar-refractivity contribution >= 4 is 17.6 Å². The van der Waals surface area contributed by atoms with Crippen LogP contribution in [0.2, 0.25) is 0 Å². The number of anilines is 1. The topological polar surface area (TPSA) is 108 Å². The summed E-state index contributed by atoms with van der Waals surface area (Å²) in [4.78, 5) is 33.1. The predicted octanol–water partition coefficient (Wildman–Crippen LogP) is 1.43. The molecule has 2 aliphatic rings. The third-order valence-electron chi connectivity index (χ3n) is 5.65. The number of carbonyl (C=O) groups excluding carboxylic acids is 2. The predicted molar refractivity (Wildman–Crippen MR) is 99.5 cm³/mol. The second kappa shape index (κ2) is 7.02. The smallest absolute Gasteiger partial charge is 0.271 e. The number of pyridine rings is 1. The third-order valence-corrected chi connectivity index (χ3v) is 5.65. The molecule has 0 unspecified atom stereocenters. The maximum Gasteiger partial charge on any atom is 0.271 e. The number of piperidine rings is 2. The summed E-state index contributed by atoms with van der Waals surface area (Å²) in [5.41, 5.74) is 7.08. The average molecular weight is 368 g/mol. The van der Waals surface area contributed by atoms with Crippen molar-refractivity contribution in [3.63, 3.8) is 0 Å². The highest BCUT2D eigenvalue weighted by Crippen LogP contribution is 2.39. The molecule has 8 heteroatoms. The second-order valence-electron chi connectivity index (χ2n) is 7.64. The van der Waals surface area contributed by atoms with Gasteiger partial charge in [0.1, 0.15) is 11.5 Å². The van der Waals surface area contributed by atoms with E-state index in [1.54, 1.807) is 18.5 Å². The number of amides is 2. The highest BCUT2D eigenvalue weighted by molar-refractivity contribution is 5.93. The number of hydrogen-bond donors (Lipinski definition) is 2. The van der Waals surface area contributed by atoms with E-state index in [1.165, 1.54) is 0 Å². The lowest BCUT2D eigenvalue weighted by atomic mass is 9.73. The molecule has 2 aromatic rings. The SMILES string of the molecule is Nc1cc(C(=O)N2CCC[C@]3(CCC(=O)N(Cc4ccncc4)C3)C2)[nH]n1. The summed E-state index contributed by atoms with van der Waals surface area (Å²) in [5, 5.41) is 6.56. The fourth-order valence-corrected chi connectivity index (χ4v) is 4.29. The molecule has 0 aliphatic carbocycles. The van der Waals surface area contributed by atoms with Gasteiger partial charge in [-0.25, -0.2) is 0 Å². The molecule has 0 radical (unpaired) electrons. The molecule has 2 aromatic heterocycles. The minimum Gasteiger partial charge on any atom is -0.382 e. The summed E-state index contributed by atoms with van der Waals surface area (Å²) < 4.78 is 0. The van der Waals surface area contributed by atoms with Gasteiger partial charge in [0.05, 0.1) is 0 Å². The van der Waals surface area contributed by atoms with E-state index in [9.17, 15) is 9.59 Å². The number of H-pyrrole nitrogens is 1. The summed E-state index contributed by atoms with van der Waals surface area (Å²) in [6.07, 6.45) is 6.82. The Labute approximate surface area is 157 Å². The number of aromatic nitrogens is 3. The Bertz CT molecular complexity index is 836. The molecule has 8 nitrogen and oxygen atoms in total. The molecule has 2 fully saturated rings. The number of nitrogen functional groups attached to an aromatic ring is 1. The molecular weight excluding hydrogens is 344 g/mol. The molecule has 3 N–H and O–H groups in total. The van der Waals surface area contributed by atoms with E-state index in [-0.39, 0.29) is 17.2 Å². The van der Waals surface area contributed by atoms with Crippen molar-refractivity contribution in [1.82, 2.24) is 25.0 Å². The lowest BCUT2D eigenvalue weighted by Crippen LogP contribution is -2.54. The number of nitrogens with two attached hydrogens (primary N) is 1. The standard InChI is InChI=1S/C19H24N6O2/c20-16-10-15(22-23-16)18(27)24-9-1-5-19(12-24)6-2-17(26)25(13-19)11-14-3-7-21-8-4-14/h3-4,7-8,10H,1-2,5-6,9,11-13H2,(H3,20,22,23)/t19-/m0/s1. The largest absolute Gasteiger partial charge is 0.382 e. The molecule has 4 heterocycles. The van der Waals surface area contributed by atoms with Crippen LogP contribution in [-0.4, -0.2) is 56.4 Å². The summed E-state index contributed by atoms with van der Waals surface area (Å²) in [6, 6.07) is 5.45. The van der Waals surface area contributed by atoms with Gasteiger partial charge in [0, 0.05) is 56.5 Å². The molecule has 1 spiro atoms. The fourth-order valence-electron chi connectivity index (χ4n) is 4.29. The lowest BCUT2D eigenvalue weighted by molar-refractivity contribution is -0.139. The second-order valence-corrected chi connectivity index (χ2v) is 7.64. The van der Waals surface area contributed by atoms with Crippen LogP contribution in [-0.2, 0) is 11.3 Å². The maximum absolute atomic E-state index is 12.8. The molecule has 27 heavy (non-hydrogen) atoms. The molecule has 2 amide bonds. The van der Waals surface area contributed by atoms with Crippen molar-refractivity contribution in [3.05, 3.63) is 41.9 Å². The molecule has 4 rings (SSSR count). The van der Waals surface area contributed by atoms with Crippen LogP contribution in [0, 0.1) is 5.41 Å². The maximum atomic E-state index is 12.8. The number of likely N-dealkylation sites (tertiary alicyclic amines) is 2. The van der Waals surface area contributed by atoms with Crippen molar-refractivity contribution in [2.24, 2.45) is 5.41 Å². The highest BCUT2D eigenvalue weighted by Gasteiger charge is 2.43. The van der Waals surface area contributed by atoms with Crippen LogP contribution in [0.1, 0.15) is 41.7 Å². The quantitative estimate of drug-likeness (QED) is 0.852. The van der Waals surface area contributed by atoms with E-state index < -0.39 is 0 Å². The summed E-state index contributed by atoms with van der Waals surface area (Å²) >= 11 is 0. The molecule has 2 saturated heterocycles. The first-order chi connectivity index (χ1) is 13.0. The Morgan fingerprint density at radius 2 is 2.07 bits per heavy atom. The van der Waals surface area contributed by atoms with E-state index in [1.807, 2.05) is 21.9 Å².